The lowest BCUT2D eigenvalue weighted by Crippen LogP contribution is -2.16. The van der Waals surface area contributed by atoms with Crippen molar-refractivity contribution >= 4 is 12.6 Å². The summed E-state index contributed by atoms with van der Waals surface area (Å²) >= 11 is 4.29. The van der Waals surface area contributed by atoms with Crippen LogP contribution in [0.4, 0.5) is 0 Å². The highest BCUT2D eigenvalue weighted by Gasteiger charge is 2.20. The number of hydrogen-bond acceptors (Lipinski definition) is 2. The topological polar surface area (TPSA) is 9.23 Å². The largest absolute Gasteiger partial charge is 0.373 e. The third kappa shape index (κ3) is 2.80. The van der Waals surface area contributed by atoms with Crippen molar-refractivity contribution in [3.63, 3.8) is 0 Å². The highest BCUT2D eigenvalue weighted by atomic mass is 32.1. The summed E-state index contributed by atoms with van der Waals surface area (Å²) in [6.45, 7) is 3.00. The number of hydrogen-bond donors (Lipinski definition) is 1. The molecule has 0 fully saturated rings. The number of benzene rings is 1. The molecule has 88 valence electrons. The predicted octanol–water partition coefficient (Wildman–Crippen LogP) is 3.65. The Labute approximate surface area is 104 Å². The van der Waals surface area contributed by atoms with Crippen molar-refractivity contribution in [1.82, 2.24) is 0 Å². The van der Waals surface area contributed by atoms with Gasteiger partial charge < -0.3 is 4.74 Å². The fourth-order valence-electron chi connectivity index (χ4n) is 2.22. The Morgan fingerprint density at radius 2 is 2.25 bits per heavy atom. The second-order valence-electron chi connectivity index (χ2n) is 4.70. The molecule has 0 amide bonds. The normalized spacial score (nSPS) is 21.5. The van der Waals surface area contributed by atoms with Crippen molar-refractivity contribution in [2.45, 2.75) is 32.3 Å². The maximum atomic E-state index is 6.01. The average molecular weight is 236 g/mol. The van der Waals surface area contributed by atoms with Gasteiger partial charge in [0.1, 0.15) is 0 Å². The minimum Gasteiger partial charge on any atom is -0.373 e. The number of thiol groups is 1. The molecule has 0 aromatic heterocycles. The molecule has 2 unspecified atom stereocenters. The molecule has 0 saturated carbocycles. The molecule has 0 saturated heterocycles. The van der Waals surface area contributed by atoms with Crippen molar-refractivity contribution < 1.29 is 4.74 Å². The van der Waals surface area contributed by atoms with E-state index < -0.39 is 0 Å². The van der Waals surface area contributed by atoms with Gasteiger partial charge in [-0.15, -0.1) is 0 Å². The van der Waals surface area contributed by atoms with Gasteiger partial charge >= 0.3 is 0 Å². The van der Waals surface area contributed by atoms with Crippen LogP contribution in [-0.4, -0.2) is 12.4 Å². The molecule has 1 aromatic rings. The molecule has 1 nitrogen and oxygen atoms in total. The van der Waals surface area contributed by atoms with Gasteiger partial charge in [-0.2, -0.15) is 12.6 Å². The van der Waals surface area contributed by atoms with Gasteiger partial charge in [0.25, 0.3) is 0 Å². The van der Waals surface area contributed by atoms with Crippen LogP contribution < -0.4 is 0 Å². The number of fused-ring (bicyclic) bond motifs is 1. The van der Waals surface area contributed by atoms with Gasteiger partial charge in [-0.25, -0.2) is 0 Å². The first-order chi connectivity index (χ1) is 7.81. The molecular formula is C14H20OS. The lowest BCUT2D eigenvalue weighted by atomic mass is 9.89. The van der Waals surface area contributed by atoms with Crippen LogP contribution in [0.15, 0.2) is 24.3 Å². The maximum absolute atomic E-state index is 6.01. The molecule has 0 radical (unpaired) electrons. The number of rotatable bonds is 4. The van der Waals surface area contributed by atoms with Crippen LogP contribution in [0.5, 0.6) is 0 Å². The predicted molar refractivity (Wildman–Crippen MR) is 71.1 cm³/mol. The first-order valence-corrected chi connectivity index (χ1v) is 6.74. The van der Waals surface area contributed by atoms with Crippen LogP contribution in [0, 0.1) is 5.92 Å². The van der Waals surface area contributed by atoms with E-state index in [2.05, 4.69) is 43.8 Å². The molecule has 0 bridgehead atoms. The lowest BCUT2D eigenvalue weighted by Gasteiger charge is -2.26. The van der Waals surface area contributed by atoms with E-state index in [9.17, 15) is 0 Å². The molecule has 0 N–H and O–H groups in total. The molecule has 2 heteroatoms. The summed E-state index contributed by atoms with van der Waals surface area (Å²) < 4.78 is 6.01. The molecule has 16 heavy (non-hydrogen) atoms. The average Bonchev–Trinajstić information content (AvgIpc) is 2.35. The molecule has 0 heterocycles. The zero-order valence-electron chi connectivity index (χ0n) is 9.86. The van der Waals surface area contributed by atoms with Crippen molar-refractivity contribution in [1.29, 1.82) is 0 Å². The fourth-order valence-corrected chi connectivity index (χ4v) is 2.32. The number of aryl methyl sites for hydroxylation is 1. The highest BCUT2D eigenvalue weighted by Crippen LogP contribution is 2.32. The van der Waals surface area contributed by atoms with Gasteiger partial charge in [0.2, 0.25) is 0 Å². The van der Waals surface area contributed by atoms with E-state index in [1.165, 1.54) is 24.0 Å². The first-order valence-electron chi connectivity index (χ1n) is 6.11. The second-order valence-corrected chi connectivity index (χ2v) is 5.07. The van der Waals surface area contributed by atoms with E-state index in [1.807, 2.05) is 0 Å². The van der Waals surface area contributed by atoms with Gasteiger partial charge in [0.05, 0.1) is 12.7 Å². The standard InChI is InChI=1S/C14H20OS/c1-11(10-16)9-15-14-8-4-6-12-5-2-3-7-13(12)14/h2-3,5,7,11,14,16H,4,6,8-10H2,1H3. The summed E-state index contributed by atoms with van der Waals surface area (Å²) in [6.07, 6.45) is 3.93. The Kier molecular flexibility index (Phi) is 4.30. The zero-order valence-corrected chi connectivity index (χ0v) is 10.7. The van der Waals surface area contributed by atoms with Crippen molar-refractivity contribution in [2.24, 2.45) is 5.92 Å². The summed E-state index contributed by atoms with van der Waals surface area (Å²) in [5.74, 6) is 1.44. The van der Waals surface area contributed by atoms with E-state index in [0.29, 0.717) is 12.0 Å². The maximum Gasteiger partial charge on any atom is 0.0827 e. The van der Waals surface area contributed by atoms with Gasteiger partial charge in [0.15, 0.2) is 0 Å². The summed E-state index contributed by atoms with van der Waals surface area (Å²) in [4.78, 5) is 0. The van der Waals surface area contributed by atoms with Crippen LogP contribution in [0.25, 0.3) is 0 Å². The Morgan fingerprint density at radius 3 is 3.06 bits per heavy atom. The van der Waals surface area contributed by atoms with Crippen molar-refractivity contribution in [3.8, 4) is 0 Å². The van der Waals surface area contributed by atoms with E-state index >= 15 is 0 Å². The second kappa shape index (κ2) is 5.74. The van der Waals surface area contributed by atoms with Gasteiger partial charge in [0, 0.05) is 0 Å². The molecule has 1 aliphatic carbocycles. The molecule has 1 aliphatic rings. The van der Waals surface area contributed by atoms with E-state index in [4.69, 9.17) is 4.74 Å². The summed E-state index contributed by atoms with van der Waals surface area (Å²) in [5, 5.41) is 0. The van der Waals surface area contributed by atoms with E-state index in [1.54, 1.807) is 0 Å². The smallest absolute Gasteiger partial charge is 0.0827 e. The molecule has 2 rings (SSSR count). The van der Waals surface area contributed by atoms with Crippen LogP contribution >= 0.6 is 12.6 Å². The number of ether oxygens (including phenoxy) is 1. The quantitative estimate of drug-likeness (QED) is 0.785. The minimum atomic E-state index is 0.312. The third-order valence-electron chi connectivity index (χ3n) is 3.21. The molecule has 1 aromatic carbocycles. The van der Waals surface area contributed by atoms with Gasteiger partial charge in [-0.1, -0.05) is 31.2 Å². The first kappa shape index (κ1) is 12.0. The van der Waals surface area contributed by atoms with Crippen LogP contribution in [0.1, 0.15) is 37.0 Å². The minimum absolute atomic E-state index is 0.312. The highest BCUT2D eigenvalue weighted by molar-refractivity contribution is 7.80. The van der Waals surface area contributed by atoms with Gasteiger partial charge in [-0.3, -0.25) is 0 Å². The molecule has 2 atom stereocenters. The Balaban J connectivity index is 2.01. The van der Waals surface area contributed by atoms with Crippen LogP contribution in [-0.2, 0) is 11.2 Å². The monoisotopic (exact) mass is 236 g/mol. The molecular weight excluding hydrogens is 216 g/mol. The van der Waals surface area contributed by atoms with Crippen LogP contribution in [0.2, 0.25) is 0 Å². The lowest BCUT2D eigenvalue weighted by molar-refractivity contribution is 0.0252. The third-order valence-corrected chi connectivity index (χ3v) is 3.83. The Hall–Kier alpha value is -0.470. The van der Waals surface area contributed by atoms with Crippen molar-refractivity contribution in [3.05, 3.63) is 35.4 Å². The van der Waals surface area contributed by atoms with Crippen LogP contribution in [0.3, 0.4) is 0 Å². The zero-order chi connectivity index (χ0) is 11.4. The SMILES string of the molecule is CC(CS)COC1CCCc2ccccc21. The Morgan fingerprint density at radius 1 is 1.44 bits per heavy atom. The van der Waals surface area contributed by atoms with Crippen molar-refractivity contribution in [2.75, 3.05) is 12.4 Å². The van der Waals surface area contributed by atoms with Gasteiger partial charge in [-0.05, 0) is 42.1 Å². The summed E-state index contributed by atoms with van der Waals surface area (Å²) in [7, 11) is 0. The summed E-state index contributed by atoms with van der Waals surface area (Å²) in [5.41, 5.74) is 2.87. The fraction of sp³-hybridized carbons (Fsp3) is 0.571. The summed E-state index contributed by atoms with van der Waals surface area (Å²) in [6, 6.07) is 8.68. The molecule has 0 spiro atoms. The van der Waals surface area contributed by atoms with E-state index in [0.717, 1.165) is 18.8 Å². The Bertz CT molecular complexity index is 337. The molecule has 0 aliphatic heterocycles. The van der Waals surface area contributed by atoms with E-state index in [-0.39, 0.29) is 0 Å².